The summed E-state index contributed by atoms with van der Waals surface area (Å²) in [7, 11) is 0. The van der Waals surface area contributed by atoms with E-state index in [1.165, 1.54) is 4.88 Å². The van der Waals surface area contributed by atoms with E-state index in [4.69, 9.17) is 16.3 Å². The lowest BCUT2D eigenvalue weighted by Gasteiger charge is -2.11. The number of rotatable bonds is 1. The minimum atomic E-state index is -0.598. The first kappa shape index (κ1) is 9.16. The summed E-state index contributed by atoms with van der Waals surface area (Å²) in [4.78, 5) is 2.27. The van der Waals surface area contributed by atoms with Crippen molar-refractivity contribution in [2.45, 2.75) is 31.5 Å². The highest BCUT2D eigenvalue weighted by Gasteiger charge is 2.46. The molecule has 0 spiro atoms. The Morgan fingerprint density at radius 2 is 2.21 bits per heavy atom. The first-order valence-electron chi connectivity index (χ1n) is 4.81. The second-order valence-electron chi connectivity index (χ2n) is 3.98. The van der Waals surface area contributed by atoms with Crippen LogP contribution in [0.3, 0.4) is 0 Å². The SMILES string of the molecule is OC1(c2sc3c(c2Cl)COCC3)CC1. The molecule has 0 unspecified atom stereocenters. The number of fused-ring (bicyclic) bond motifs is 1. The van der Waals surface area contributed by atoms with Gasteiger partial charge in [0.1, 0.15) is 5.60 Å². The molecule has 0 bridgehead atoms. The molecule has 1 aromatic rings. The van der Waals surface area contributed by atoms with Crippen LogP contribution in [0.1, 0.15) is 28.2 Å². The molecule has 14 heavy (non-hydrogen) atoms. The van der Waals surface area contributed by atoms with E-state index in [0.29, 0.717) is 6.61 Å². The molecule has 1 aliphatic heterocycles. The normalized spacial score (nSPS) is 23.3. The van der Waals surface area contributed by atoms with E-state index in [2.05, 4.69) is 0 Å². The topological polar surface area (TPSA) is 29.5 Å². The predicted molar refractivity (Wildman–Crippen MR) is 55.8 cm³/mol. The van der Waals surface area contributed by atoms with Crippen LogP contribution in [0.5, 0.6) is 0 Å². The molecular weight excluding hydrogens is 220 g/mol. The van der Waals surface area contributed by atoms with Crippen LogP contribution in [-0.2, 0) is 23.4 Å². The van der Waals surface area contributed by atoms with Gasteiger partial charge in [0.05, 0.1) is 23.1 Å². The Hall–Kier alpha value is -0.0900. The summed E-state index contributed by atoms with van der Waals surface area (Å²) in [6.45, 7) is 1.39. The van der Waals surface area contributed by atoms with E-state index in [-0.39, 0.29) is 0 Å². The van der Waals surface area contributed by atoms with Crippen LogP contribution in [0.4, 0.5) is 0 Å². The molecule has 1 N–H and O–H groups in total. The predicted octanol–water partition coefficient (Wildman–Crippen LogP) is 2.46. The Balaban J connectivity index is 2.09. The zero-order chi connectivity index (χ0) is 9.76. The summed E-state index contributed by atoms with van der Waals surface area (Å²) in [6, 6.07) is 0. The molecule has 1 aliphatic carbocycles. The summed E-state index contributed by atoms with van der Waals surface area (Å²) < 4.78 is 5.36. The number of hydrogen-bond donors (Lipinski definition) is 1. The summed E-state index contributed by atoms with van der Waals surface area (Å²) in [5.41, 5.74) is 0.511. The smallest absolute Gasteiger partial charge is 0.100 e. The van der Waals surface area contributed by atoms with Crippen LogP contribution in [0.15, 0.2) is 0 Å². The zero-order valence-corrected chi connectivity index (χ0v) is 9.25. The molecule has 0 saturated heterocycles. The number of halogens is 1. The minimum absolute atomic E-state index is 0.598. The molecule has 2 heterocycles. The summed E-state index contributed by atoms with van der Waals surface area (Å²) in [5.74, 6) is 0. The molecule has 3 rings (SSSR count). The van der Waals surface area contributed by atoms with Gasteiger partial charge in [-0.05, 0) is 12.8 Å². The van der Waals surface area contributed by atoms with Crippen molar-refractivity contribution in [3.8, 4) is 0 Å². The number of thiophene rings is 1. The maximum atomic E-state index is 10.0. The molecule has 0 aromatic carbocycles. The van der Waals surface area contributed by atoms with Crippen LogP contribution in [0.25, 0.3) is 0 Å². The lowest BCUT2D eigenvalue weighted by molar-refractivity contribution is 0.112. The van der Waals surface area contributed by atoms with Crippen molar-refractivity contribution in [3.63, 3.8) is 0 Å². The fourth-order valence-electron chi connectivity index (χ4n) is 1.82. The largest absolute Gasteiger partial charge is 0.384 e. The summed E-state index contributed by atoms with van der Waals surface area (Å²) >= 11 is 7.91. The third-order valence-electron chi connectivity index (χ3n) is 2.89. The Morgan fingerprint density at radius 1 is 1.43 bits per heavy atom. The second kappa shape index (κ2) is 2.95. The highest BCUT2D eigenvalue weighted by Crippen LogP contribution is 2.53. The Kier molecular flexibility index (Phi) is 1.93. The maximum absolute atomic E-state index is 10.0. The molecule has 0 radical (unpaired) electrons. The second-order valence-corrected chi connectivity index (χ2v) is 5.46. The van der Waals surface area contributed by atoms with Gasteiger partial charge < -0.3 is 9.84 Å². The van der Waals surface area contributed by atoms with Crippen molar-refractivity contribution in [2.75, 3.05) is 6.61 Å². The van der Waals surface area contributed by atoms with E-state index in [1.807, 2.05) is 0 Å². The average Bonchev–Trinajstić information content (AvgIpc) is 2.84. The minimum Gasteiger partial charge on any atom is -0.384 e. The van der Waals surface area contributed by atoms with E-state index >= 15 is 0 Å². The van der Waals surface area contributed by atoms with Crippen LogP contribution >= 0.6 is 22.9 Å². The monoisotopic (exact) mass is 230 g/mol. The molecule has 2 aliphatic rings. The van der Waals surface area contributed by atoms with Crippen molar-refractivity contribution in [3.05, 3.63) is 20.3 Å². The lowest BCUT2D eigenvalue weighted by atomic mass is 10.1. The Morgan fingerprint density at radius 3 is 2.86 bits per heavy atom. The van der Waals surface area contributed by atoms with Gasteiger partial charge in [-0.15, -0.1) is 11.3 Å². The molecule has 0 amide bonds. The van der Waals surface area contributed by atoms with Gasteiger partial charge in [0.2, 0.25) is 0 Å². The molecular formula is C10H11ClO2S. The van der Waals surface area contributed by atoms with Gasteiger partial charge in [-0.3, -0.25) is 0 Å². The van der Waals surface area contributed by atoms with Crippen LogP contribution in [-0.4, -0.2) is 11.7 Å². The van der Waals surface area contributed by atoms with E-state index in [0.717, 1.165) is 41.3 Å². The Labute approximate surface area is 91.5 Å². The third kappa shape index (κ3) is 1.23. The average molecular weight is 231 g/mol. The van der Waals surface area contributed by atoms with Crippen molar-refractivity contribution >= 4 is 22.9 Å². The number of ether oxygens (including phenoxy) is 1. The first-order chi connectivity index (χ1) is 6.71. The Bertz CT molecular complexity index is 382. The quantitative estimate of drug-likeness (QED) is 0.803. The van der Waals surface area contributed by atoms with Gasteiger partial charge in [-0.1, -0.05) is 11.6 Å². The molecule has 1 saturated carbocycles. The molecule has 76 valence electrons. The first-order valence-corrected chi connectivity index (χ1v) is 6.01. The highest BCUT2D eigenvalue weighted by atomic mass is 35.5. The number of hydrogen-bond acceptors (Lipinski definition) is 3. The lowest BCUT2D eigenvalue weighted by Crippen LogP contribution is -2.06. The summed E-state index contributed by atoms with van der Waals surface area (Å²) in [5, 5.41) is 10.8. The molecule has 1 aromatic heterocycles. The van der Waals surface area contributed by atoms with Gasteiger partial charge in [0.25, 0.3) is 0 Å². The standard InChI is InChI=1S/C10H11ClO2S/c11-8-6-5-13-4-1-7(6)14-9(8)10(12)2-3-10/h12H,1-5H2. The van der Waals surface area contributed by atoms with E-state index in [9.17, 15) is 5.11 Å². The van der Waals surface area contributed by atoms with Crippen LogP contribution < -0.4 is 0 Å². The van der Waals surface area contributed by atoms with E-state index in [1.54, 1.807) is 11.3 Å². The fraction of sp³-hybridized carbons (Fsp3) is 0.600. The third-order valence-corrected chi connectivity index (χ3v) is 4.91. The van der Waals surface area contributed by atoms with Gasteiger partial charge in [-0.25, -0.2) is 0 Å². The molecule has 4 heteroatoms. The van der Waals surface area contributed by atoms with Crippen LogP contribution in [0.2, 0.25) is 5.02 Å². The van der Waals surface area contributed by atoms with Crippen molar-refractivity contribution in [1.82, 2.24) is 0 Å². The van der Waals surface area contributed by atoms with E-state index < -0.39 is 5.60 Å². The maximum Gasteiger partial charge on any atom is 0.100 e. The van der Waals surface area contributed by atoms with Gasteiger partial charge in [0, 0.05) is 16.9 Å². The van der Waals surface area contributed by atoms with Crippen LogP contribution in [0, 0.1) is 0 Å². The zero-order valence-electron chi connectivity index (χ0n) is 7.68. The van der Waals surface area contributed by atoms with Gasteiger partial charge >= 0.3 is 0 Å². The van der Waals surface area contributed by atoms with Gasteiger partial charge in [-0.2, -0.15) is 0 Å². The van der Waals surface area contributed by atoms with Crippen molar-refractivity contribution in [2.24, 2.45) is 0 Å². The van der Waals surface area contributed by atoms with Crippen molar-refractivity contribution in [1.29, 1.82) is 0 Å². The van der Waals surface area contributed by atoms with Crippen molar-refractivity contribution < 1.29 is 9.84 Å². The molecule has 1 fully saturated rings. The van der Waals surface area contributed by atoms with Gasteiger partial charge in [0.15, 0.2) is 0 Å². The fourth-order valence-corrected chi connectivity index (χ4v) is 3.66. The highest BCUT2D eigenvalue weighted by molar-refractivity contribution is 7.13. The number of aliphatic hydroxyl groups is 1. The summed E-state index contributed by atoms with van der Waals surface area (Å²) in [6.07, 6.45) is 2.65. The molecule has 0 atom stereocenters. The molecule has 2 nitrogen and oxygen atoms in total.